The molecule has 0 spiro atoms. The molecule has 1 aromatic rings. The van der Waals surface area contributed by atoms with E-state index in [9.17, 15) is 9.59 Å². The van der Waals surface area contributed by atoms with E-state index >= 15 is 0 Å². The number of nitrogens with zero attached hydrogens (tertiary/aromatic N) is 1. The van der Waals surface area contributed by atoms with Crippen LogP contribution in [0, 0.1) is 0 Å². The van der Waals surface area contributed by atoms with Gasteiger partial charge in [-0.1, -0.05) is 0 Å². The Morgan fingerprint density at radius 1 is 1.53 bits per heavy atom. The van der Waals surface area contributed by atoms with E-state index in [1.165, 1.54) is 18.5 Å². The molecule has 0 radical (unpaired) electrons. The number of aromatic carboxylic acids is 1. The zero-order chi connectivity index (χ0) is 12.3. The number of amides is 1. The number of carboxylic acids is 1. The van der Waals surface area contributed by atoms with Gasteiger partial charge in [0, 0.05) is 12.8 Å². The molecule has 1 amide bonds. The van der Waals surface area contributed by atoms with Crippen LogP contribution in [-0.4, -0.2) is 34.7 Å². The topological polar surface area (TPSA) is 88.5 Å². The smallest absolute Gasteiger partial charge is 0.337 e. The van der Waals surface area contributed by atoms with E-state index in [4.69, 9.17) is 9.84 Å². The van der Waals surface area contributed by atoms with Gasteiger partial charge < -0.3 is 15.2 Å². The molecule has 2 heterocycles. The number of pyridine rings is 1. The minimum atomic E-state index is -1.10. The van der Waals surface area contributed by atoms with E-state index in [1.54, 1.807) is 0 Å². The minimum absolute atomic E-state index is 0.0198. The SMILES string of the molecule is O=C(O)c1ccncc1NC(=O)C1CCCO1. The summed E-state index contributed by atoms with van der Waals surface area (Å²) >= 11 is 0. The Bertz CT molecular complexity index is 441. The number of rotatable bonds is 3. The van der Waals surface area contributed by atoms with E-state index in [2.05, 4.69) is 10.3 Å². The summed E-state index contributed by atoms with van der Waals surface area (Å²) in [4.78, 5) is 26.4. The van der Waals surface area contributed by atoms with Crippen molar-refractivity contribution in [2.24, 2.45) is 0 Å². The van der Waals surface area contributed by atoms with Gasteiger partial charge in [0.15, 0.2) is 0 Å². The van der Waals surface area contributed by atoms with Crippen molar-refractivity contribution >= 4 is 17.6 Å². The van der Waals surface area contributed by atoms with E-state index in [0.717, 1.165) is 6.42 Å². The molecule has 1 aliphatic rings. The molecular formula is C11H12N2O4. The van der Waals surface area contributed by atoms with Crippen LogP contribution in [0.5, 0.6) is 0 Å². The Hall–Kier alpha value is -1.95. The first-order chi connectivity index (χ1) is 8.18. The van der Waals surface area contributed by atoms with Gasteiger partial charge in [-0.05, 0) is 18.9 Å². The lowest BCUT2D eigenvalue weighted by molar-refractivity contribution is -0.124. The lowest BCUT2D eigenvalue weighted by Gasteiger charge is -2.11. The van der Waals surface area contributed by atoms with Crippen LogP contribution >= 0.6 is 0 Å². The van der Waals surface area contributed by atoms with Gasteiger partial charge in [-0.25, -0.2) is 4.79 Å². The summed E-state index contributed by atoms with van der Waals surface area (Å²) in [5, 5.41) is 11.5. The van der Waals surface area contributed by atoms with Crippen molar-refractivity contribution in [3.63, 3.8) is 0 Å². The summed E-state index contributed by atoms with van der Waals surface area (Å²) < 4.78 is 5.21. The second-order valence-corrected chi connectivity index (χ2v) is 3.72. The Labute approximate surface area is 97.6 Å². The standard InChI is InChI=1S/C11H12N2O4/c14-10(9-2-1-5-17-9)13-8-6-12-4-3-7(8)11(15)16/h3-4,6,9H,1-2,5H2,(H,13,14)(H,15,16). The first-order valence-electron chi connectivity index (χ1n) is 5.28. The van der Waals surface area contributed by atoms with Gasteiger partial charge >= 0.3 is 5.97 Å². The molecule has 0 saturated carbocycles. The summed E-state index contributed by atoms with van der Waals surface area (Å²) in [6, 6.07) is 1.34. The van der Waals surface area contributed by atoms with Crippen molar-refractivity contribution in [2.75, 3.05) is 11.9 Å². The van der Waals surface area contributed by atoms with Crippen LogP contribution in [0.3, 0.4) is 0 Å². The number of carbonyl (C=O) groups excluding carboxylic acids is 1. The molecule has 1 atom stereocenters. The lowest BCUT2D eigenvalue weighted by Crippen LogP contribution is -2.27. The van der Waals surface area contributed by atoms with Crippen molar-refractivity contribution in [1.29, 1.82) is 0 Å². The normalized spacial score (nSPS) is 18.9. The van der Waals surface area contributed by atoms with Crippen molar-refractivity contribution in [2.45, 2.75) is 18.9 Å². The summed E-state index contributed by atoms with van der Waals surface area (Å²) in [6.07, 6.45) is 3.70. The second-order valence-electron chi connectivity index (χ2n) is 3.72. The number of ether oxygens (including phenoxy) is 1. The monoisotopic (exact) mass is 236 g/mol. The number of carbonyl (C=O) groups is 2. The fourth-order valence-electron chi connectivity index (χ4n) is 1.68. The molecule has 0 bridgehead atoms. The highest BCUT2D eigenvalue weighted by Crippen LogP contribution is 2.17. The second kappa shape index (κ2) is 4.92. The molecule has 6 nitrogen and oxygen atoms in total. The largest absolute Gasteiger partial charge is 0.478 e. The van der Waals surface area contributed by atoms with Crippen LogP contribution in [0.2, 0.25) is 0 Å². The van der Waals surface area contributed by atoms with Crippen LogP contribution in [0.15, 0.2) is 18.5 Å². The molecular weight excluding hydrogens is 224 g/mol. The van der Waals surface area contributed by atoms with Gasteiger partial charge in [0.25, 0.3) is 5.91 Å². The predicted molar refractivity (Wildman–Crippen MR) is 58.8 cm³/mol. The maximum atomic E-state index is 11.7. The molecule has 1 saturated heterocycles. The number of nitrogens with one attached hydrogen (secondary N) is 1. The molecule has 17 heavy (non-hydrogen) atoms. The van der Waals surface area contributed by atoms with Gasteiger partial charge in [-0.2, -0.15) is 0 Å². The average Bonchev–Trinajstić information content (AvgIpc) is 2.83. The van der Waals surface area contributed by atoms with Gasteiger partial charge in [0.1, 0.15) is 6.10 Å². The van der Waals surface area contributed by atoms with Gasteiger partial charge in [0.05, 0.1) is 17.4 Å². The summed E-state index contributed by atoms with van der Waals surface area (Å²) in [6.45, 7) is 0.566. The van der Waals surface area contributed by atoms with Crippen LogP contribution in [0.25, 0.3) is 0 Å². The molecule has 1 aliphatic heterocycles. The van der Waals surface area contributed by atoms with E-state index in [-0.39, 0.29) is 17.2 Å². The van der Waals surface area contributed by atoms with Gasteiger partial charge in [-0.15, -0.1) is 0 Å². The van der Waals surface area contributed by atoms with Crippen LogP contribution in [-0.2, 0) is 9.53 Å². The van der Waals surface area contributed by atoms with Crippen LogP contribution in [0.4, 0.5) is 5.69 Å². The number of aromatic nitrogens is 1. The predicted octanol–water partition coefficient (Wildman–Crippen LogP) is 0.897. The summed E-state index contributed by atoms with van der Waals surface area (Å²) in [5.41, 5.74) is 0.215. The van der Waals surface area contributed by atoms with Crippen molar-refractivity contribution in [1.82, 2.24) is 4.98 Å². The van der Waals surface area contributed by atoms with E-state index < -0.39 is 12.1 Å². The van der Waals surface area contributed by atoms with Crippen LogP contribution < -0.4 is 5.32 Å². The third-order valence-corrected chi connectivity index (χ3v) is 2.53. The first kappa shape index (κ1) is 11.5. The summed E-state index contributed by atoms with van der Waals surface area (Å²) in [5.74, 6) is -1.42. The fourth-order valence-corrected chi connectivity index (χ4v) is 1.68. The number of carboxylic acid groups (broad SMARTS) is 1. The first-order valence-corrected chi connectivity index (χ1v) is 5.28. The fraction of sp³-hybridized carbons (Fsp3) is 0.364. The summed E-state index contributed by atoms with van der Waals surface area (Å²) in [7, 11) is 0. The van der Waals surface area contributed by atoms with Crippen LogP contribution in [0.1, 0.15) is 23.2 Å². The molecule has 0 aliphatic carbocycles. The zero-order valence-electron chi connectivity index (χ0n) is 9.05. The molecule has 1 aromatic heterocycles. The number of hydrogen-bond donors (Lipinski definition) is 2. The molecule has 90 valence electrons. The van der Waals surface area contributed by atoms with Gasteiger partial charge in [-0.3, -0.25) is 9.78 Å². The highest BCUT2D eigenvalue weighted by atomic mass is 16.5. The Kier molecular flexibility index (Phi) is 3.34. The quantitative estimate of drug-likeness (QED) is 0.813. The molecule has 2 rings (SSSR count). The van der Waals surface area contributed by atoms with Crippen molar-refractivity contribution in [3.05, 3.63) is 24.0 Å². The van der Waals surface area contributed by atoms with Crippen molar-refractivity contribution < 1.29 is 19.4 Å². The Morgan fingerprint density at radius 2 is 2.35 bits per heavy atom. The third-order valence-electron chi connectivity index (χ3n) is 2.53. The molecule has 2 N–H and O–H groups in total. The number of hydrogen-bond acceptors (Lipinski definition) is 4. The van der Waals surface area contributed by atoms with E-state index in [0.29, 0.717) is 13.0 Å². The molecule has 1 unspecified atom stereocenters. The molecule has 1 fully saturated rings. The number of anilines is 1. The van der Waals surface area contributed by atoms with Crippen molar-refractivity contribution in [3.8, 4) is 0 Å². The molecule has 0 aromatic carbocycles. The lowest BCUT2D eigenvalue weighted by atomic mass is 10.2. The Morgan fingerprint density at radius 3 is 3.00 bits per heavy atom. The van der Waals surface area contributed by atoms with Gasteiger partial charge in [0.2, 0.25) is 0 Å². The Balaban J connectivity index is 2.12. The average molecular weight is 236 g/mol. The maximum Gasteiger partial charge on any atom is 0.337 e. The minimum Gasteiger partial charge on any atom is -0.478 e. The molecule has 6 heteroatoms. The highest BCUT2D eigenvalue weighted by Gasteiger charge is 2.24. The zero-order valence-corrected chi connectivity index (χ0v) is 9.05. The van der Waals surface area contributed by atoms with E-state index in [1.807, 2.05) is 0 Å². The highest BCUT2D eigenvalue weighted by molar-refractivity contribution is 6.01. The third kappa shape index (κ3) is 2.59. The maximum absolute atomic E-state index is 11.7.